The van der Waals surface area contributed by atoms with Crippen molar-refractivity contribution in [3.05, 3.63) is 12.2 Å². The van der Waals surface area contributed by atoms with Gasteiger partial charge in [0.05, 0.1) is 0 Å². The van der Waals surface area contributed by atoms with Crippen LogP contribution in [0.25, 0.3) is 0 Å². The van der Waals surface area contributed by atoms with Gasteiger partial charge in [0.25, 0.3) is 0 Å². The molecule has 0 amide bonds. The fourth-order valence-corrected chi connectivity index (χ4v) is 0.139. The second kappa shape index (κ2) is 2.08. The summed E-state index contributed by atoms with van der Waals surface area (Å²) in [6, 6.07) is 0. The van der Waals surface area contributed by atoms with Gasteiger partial charge in [-0.2, -0.15) is 0 Å². The van der Waals surface area contributed by atoms with Crippen LogP contribution in [0.1, 0.15) is 0 Å². The minimum absolute atomic E-state index is 1.09. The second-order valence-electron chi connectivity index (χ2n) is 0.680. The molecule has 1 aromatic heterocycles. The maximum atomic E-state index is 4.05. The molecule has 7 heavy (non-hydrogen) atoms. The van der Waals surface area contributed by atoms with E-state index >= 15 is 0 Å². The van der Waals surface area contributed by atoms with Crippen LogP contribution >= 0.6 is 0 Å². The summed E-state index contributed by atoms with van der Waals surface area (Å²) < 4.78 is 15.6. The molecule has 5 heteroatoms. The summed E-state index contributed by atoms with van der Waals surface area (Å²) in [5, 5.41) is 0. The normalized spacial score (nSPS) is 6.29. The molecule has 1 rings (SSSR count). The van der Waals surface area contributed by atoms with Crippen molar-refractivity contribution in [1.29, 1.82) is 0 Å². The molecule has 4 nitrogen and oxygen atoms in total. The van der Waals surface area contributed by atoms with E-state index in [0.29, 0.717) is 0 Å². The van der Waals surface area contributed by atoms with E-state index in [2.05, 4.69) is 30.8 Å². The van der Waals surface area contributed by atoms with Gasteiger partial charge in [-0.1, -0.05) is 0 Å². The Kier molecular flexibility index (Phi) is 1.19. The summed E-state index contributed by atoms with van der Waals surface area (Å²) in [6.07, 6.45) is 2.07. The molecule has 0 radical (unpaired) electrons. The molecule has 0 aliphatic rings. The second-order valence-corrected chi connectivity index (χ2v) is 0.680. The van der Waals surface area contributed by atoms with Gasteiger partial charge in [0.1, 0.15) is 0 Å². The third-order valence-electron chi connectivity index (χ3n) is 0.309. The van der Waals surface area contributed by atoms with Gasteiger partial charge in [0.2, 0.25) is 0 Å². The van der Waals surface area contributed by atoms with E-state index < -0.39 is 0 Å². The van der Waals surface area contributed by atoms with E-state index in [-0.39, 0.29) is 0 Å². The van der Waals surface area contributed by atoms with Gasteiger partial charge in [0, 0.05) is 0 Å². The van der Waals surface area contributed by atoms with Crippen LogP contribution in [0.4, 0.5) is 0 Å². The minimum atomic E-state index is 1.09. The van der Waals surface area contributed by atoms with Gasteiger partial charge in [-0.3, -0.25) is 0 Å². The molecular weight excluding hydrogens is 98.8 g/mol. The quantitative estimate of drug-likeness (QED) is 0.349. The van der Waals surface area contributed by atoms with Crippen LogP contribution in [0.15, 0.2) is 18.5 Å². The van der Waals surface area contributed by atoms with Crippen LogP contribution in [-0.2, 0) is 0 Å². The van der Waals surface area contributed by atoms with Crippen molar-refractivity contribution in [2.24, 2.45) is 0 Å². The van der Waals surface area contributed by atoms with Crippen LogP contribution in [0, 0.1) is 12.2 Å². The van der Waals surface area contributed by atoms with Crippen molar-refractivity contribution >= 4 is 7.13 Å². The SMILES string of the molecule is b1c#cooo[o+]1. The molecule has 0 unspecified atom stereocenters. The van der Waals surface area contributed by atoms with Gasteiger partial charge in [-0.15, -0.1) is 0 Å². The van der Waals surface area contributed by atoms with E-state index in [1.807, 2.05) is 0 Å². The topological polar surface area (TPSA) is 50.7 Å². The Balaban J connectivity index is 3.06. The Morgan fingerprint density at radius 2 is 2.57 bits per heavy atom. The third-order valence-corrected chi connectivity index (χ3v) is 0.309. The Bertz CT molecular complexity index is 97.7. The van der Waals surface area contributed by atoms with Crippen molar-refractivity contribution in [2.45, 2.75) is 0 Å². The van der Waals surface area contributed by atoms with Gasteiger partial charge < -0.3 is 0 Å². The van der Waals surface area contributed by atoms with Crippen molar-refractivity contribution in [1.82, 2.24) is 0 Å². The van der Waals surface area contributed by atoms with E-state index in [1.54, 1.807) is 0 Å². The molecule has 0 aliphatic heterocycles. The molecule has 1 aromatic rings. The predicted molar refractivity (Wildman–Crippen MR) is 16.6 cm³/mol. The fourth-order valence-electron chi connectivity index (χ4n) is 0.139. The maximum absolute atomic E-state index is 4.05. The van der Waals surface area contributed by atoms with E-state index in [4.69, 9.17) is 0 Å². The Morgan fingerprint density at radius 3 is 3.57 bits per heavy atom. The Hall–Kier alpha value is -1.18. The molecule has 34 valence electrons. The molecule has 0 bridgehead atoms. The van der Waals surface area contributed by atoms with Crippen molar-refractivity contribution in [2.75, 3.05) is 0 Å². The summed E-state index contributed by atoms with van der Waals surface area (Å²) in [4.78, 5) is 0. The molecule has 0 N–H and O–H groups in total. The predicted octanol–water partition coefficient (Wildman–Crippen LogP) is 0.403. The zero-order chi connectivity index (χ0) is 4.95. The Morgan fingerprint density at radius 1 is 1.57 bits per heavy atom. The summed E-state index contributed by atoms with van der Waals surface area (Å²) in [7, 11) is 1.09. The summed E-state index contributed by atoms with van der Waals surface area (Å²) >= 11 is 0. The monoisotopic (exact) mass is 99.0 g/mol. The van der Waals surface area contributed by atoms with Crippen LogP contribution < -0.4 is 0 Å². The first-order chi connectivity index (χ1) is 3.50. The molecule has 0 fully saturated rings. The zero-order valence-corrected chi connectivity index (χ0v) is 3.21. The molecule has 0 aromatic carbocycles. The summed E-state index contributed by atoms with van der Waals surface area (Å²) in [5.74, 6) is 2.28. The van der Waals surface area contributed by atoms with Crippen LogP contribution in [0.3, 0.4) is 0 Å². The first-order valence-electron chi connectivity index (χ1n) is 1.48. The molecule has 0 aliphatic carbocycles. The number of rotatable bonds is 0. The van der Waals surface area contributed by atoms with Crippen LogP contribution in [0.5, 0.6) is 0 Å². The average molecular weight is 98.8 g/mol. The molecule has 0 spiro atoms. The average Bonchev–Trinajstić information content (AvgIpc) is 1.90. The van der Waals surface area contributed by atoms with Crippen molar-refractivity contribution in [3.8, 4) is 0 Å². The first-order valence-corrected chi connectivity index (χ1v) is 1.48. The van der Waals surface area contributed by atoms with Crippen molar-refractivity contribution in [3.63, 3.8) is 0 Å². The summed E-state index contributed by atoms with van der Waals surface area (Å²) in [5.41, 5.74) is 0. The van der Waals surface area contributed by atoms with Crippen LogP contribution in [-0.4, -0.2) is 7.13 Å². The molecular formula is C2BO4+. The van der Waals surface area contributed by atoms with Crippen LogP contribution in [0.2, 0.25) is 0 Å². The summed E-state index contributed by atoms with van der Waals surface area (Å²) in [6.45, 7) is 0. The number of hydrogen-bond acceptors (Lipinski definition) is 3. The van der Waals surface area contributed by atoms with Gasteiger partial charge in [-0.05, 0) is 0 Å². The molecule has 1 heterocycles. The van der Waals surface area contributed by atoms with Gasteiger partial charge >= 0.3 is 37.9 Å². The van der Waals surface area contributed by atoms with Crippen molar-refractivity contribution < 1.29 is 18.5 Å². The third kappa shape index (κ3) is 1.13. The Labute approximate surface area is 39.1 Å². The van der Waals surface area contributed by atoms with E-state index in [1.165, 1.54) is 0 Å². The zero-order valence-electron chi connectivity index (χ0n) is 3.21. The van der Waals surface area contributed by atoms with E-state index in [0.717, 1.165) is 7.13 Å². The van der Waals surface area contributed by atoms with Gasteiger partial charge in [0.15, 0.2) is 0 Å². The van der Waals surface area contributed by atoms with Gasteiger partial charge in [-0.25, -0.2) is 0 Å². The fraction of sp³-hybridized carbons (Fsp3) is 0. The number of hydrogen-bond donors (Lipinski definition) is 0. The standard InChI is InChI=1S/C2BO4/c1-2-4-6-7-5-3-1/q+1. The molecule has 0 atom stereocenters. The first kappa shape index (κ1) is 4.00. The molecule has 0 saturated heterocycles. The van der Waals surface area contributed by atoms with E-state index in [9.17, 15) is 0 Å². The molecule has 0 saturated carbocycles.